The van der Waals surface area contributed by atoms with Crippen LogP contribution in [0.1, 0.15) is 70.6 Å². The summed E-state index contributed by atoms with van der Waals surface area (Å²) < 4.78 is 27.1. The lowest BCUT2D eigenvalue weighted by molar-refractivity contribution is 0.00566. The Labute approximate surface area is 340 Å². The number of piperidine rings is 1. The summed E-state index contributed by atoms with van der Waals surface area (Å²) in [4.78, 5) is 27.9. The smallest absolute Gasteiger partial charge is 0.410 e. The van der Waals surface area contributed by atoms with Crippen LogP contribution < -0.4 is 4.90 Å². The Balaban J connectivity index is 1.48. The van der Waals surface area contributed by atoms with Gasteiger partial charge in [0.1, 0.15) is 36.3 Å². The number of anilines is 1. The van der Waals surface area contributed by atoms with Crippen LogP contribution in [0.25, 0.3) is 33.9 Å². The number of carbonyl (C=O) groups excluding carboxylic acids is 1. The van der Waals surface area contributed by atoms with Crippen LogP contribution in [0, 0.1) is 0 Å². The third-order valence-electron chi connectivity index (χ3n) is 10.6. The molecule has 2 unspecified atom stereocenters. The summed E-state index contributed by atoms with van der Waals surface area (Å²) >= 11 is 0. The van der Waals surface area contributed by atoms with Crippen LogP contribution in [0.2, 0.25) is 51.4 Å². The zero-order valence-electron chi connectivity index (χ0n) is 35.9. The quantitative estimate of drug-likeness (QED) is 0.0476. The van der Waals surface area contributed by atoms with E-state index in [0.29, 0.717) is 44.7 Å². The predicted molar refractivity (Wildman–Crippen MR) is 232 cm³/mol. The summed E-state index contributed by atoms with van der Waals surface area (Å²) in [5, 5.41) is 12.2. The highest BCUT2D eigenvalue weighted by Crippen LogP contribution is 2.47. The SMILES string of the molecule is C=C(OCC)c1c(C2CC3CCC(C2)N3C(=O)OC(C)(C)C)nc2c(-c3ccc(-c4cc[nH]n4)nc3)cnn2c1N(COCC[Si](C)(C)C)COCC[Si](C)(C)C. The second kappa shape index (κ2) is 17.4. The lowest BCUT2D eigenvalue weighted by Crippen LogP contribution is -2.48. The first kappa shape index (κ1) is 42.5. The van der Waals surface area contributed by atoms with Crippen molar-refractivity contribution in [3.63, 3.8) is 0 Å². The van der Waals surface area contributed by atoms with Gasteiger partial charge in [0.2, 0.25) is 0 Å². The number of hydrogen-bond donors (Lipinski definition) is 1. The molecule has 2 aliphatic heterocycles. The van der Waals surface area contributed by atoms with Crippen LogP contribution >= 0.6 is 0 Å². The fourth-order valence-electron chi connectivity index (χ4n) is 7.69. The molecule has 0 radical (unpaired) electrons. The van der Waals surface area contributed by atoms with Crippen LogP contribution in [0.3, 0.4) is 0 Å². The Morgan fingerprint density at radius 3 is 2.12 bits per heavy atom. The monoisotopic (exact) mass is 816 g/mol. The summed E-state index contributed by atoms with van der Waals surface area (Å²) in [6.07, 6.45) is 8.59. The van der Waals surface area contributed by atoms with Gasteiger partial charge < -0.3 is 28.7 Å². The van der Waals surface area contributed by atoms with Gasteiger partial charge in [-0.2, -0.15) is 14.7 Å². The average molecular weight is 817 g/mol. The first-order valence-electron chi connectivity index (χ1n) is 20.5. The van der Waals surface area contributed by atoms with Crippen molar-refractivity contribution >= 4 is 39.5 Å². The van der Waals surface area contributed by atoms with E-state index in [1.807, 2.05) is 67.7 Å². The summed E-state index contributed by atoms with van der Waals surface area (Å²) in [5.74, 6) is 1.31. The predicted octanol–water partition coefficient (Wildman–Crippen LogP) is 9.27. The molecule has 2 bridgehead atoms. The maximum Gasteiger partial charge on any atom is 0.410 e. The topological polar surface area (TPSA) is 132 Å². The van der Waals surface area contributed by atoms with Gasteiger partial charge in [-0.15, -0.1) is 0 Å². The number of amides is 1. The lowest BCUT2D eigenvalue weighted by atomic mass is 9.85. The molecule has 0 aromatic carbocycles. The Kier molecular flexibility index (Phi) is 13.0. The van der Waals surface area contributed by atoms with Crippen molar-refractivity contribution in [2.45, 2.75) is 128 Å². The van der Waals surface area contributed by atoms with Crippen LogP contribution in [0.15, 0.2) is 43.4 Å². The number of aromatic nitrogens is 6. The van der Waals surface area contributed by atoms with Gasteiger partial charge >= 0.3 is 6.09 Å². The van der Waals surface area contributed by atoms with E-state index < -0.39 is 21.7 Å². The standard InChI is InChI=1S/C42H64N8O5Si2/c1-12-54-29(2)37-38(31-23-32-14-15-33(24-31)49(32)41(51)55-42(3,4)5)46-39-34(30-13-16-35(43-25-30)36-17-18-44-47-36)26-45-50(39)40(37)48(27-52-19-21-56(6,7)8)28-53-20-22-57(9,10)11/h13,16-18,25-26,31-33H,2,12,14-15,19-24,27-28H2,1,3-11H3,(H,44,47). The molecule has 1 N–H and O–H groups in total. The second-order valence-corrected chi connectivity index (χ2v) is 30.2. The number of H-pyrrole nitrogens is 1. The second-order valence-electron chi connectivity index (χ2n) is 18.9. The molecule has 2 atom stereocenters. The molecule has 4 aromatic rings. The number of aromatic amines is 1. The first-order chi connectivity index (χ1) is 26.9. The third-order valence-corrected chi connectivity index (χ3v) is 14.0. The van der Waals surface area contributed by atoms with Crippen LogP contribution in [-0.2, 0) is 18.9 Å². The zero-order valence-corrected chi connectivity index (χ0v) is 37.9. The molecule has 2 saturated heterocycles. The molecule has 2 fully saturated rings. The lowest BCUT2D eigenvalue weighted by Gasteiger charge is -2.40. The third kappa shape index (κ3) is 10.5. The Morgan fingerprint density at radius 1 is 0.947 bits per heavy atom. The van der Waals surface area contributed by atoms with Gasteiger partial charge in [0.25, 0.3) is 0 Å². The average Bonchev–Trinajstić information content (AvgIpc) is 3.87. The van der Waals surface area contributed by atoms with E-state index in [2.05, 4.69) is 61.0 Å². The molecule has 2 aliphatic rings. The number of pyridine rings is 1. The van der Waals surface area contributed by atoms with Gasteiger partial charge in [0.15, 0.2) is 5.65 Å². The Bertz CT molecular complexity index is 1950. The number of carbonyl (C=O) groups is 1. The minimum Gasteiger partial charge on any atom is -0.494 e. The number of rotatable bonds is 17. The van der Waals surface area contributed by atoms with E-state index in [1.54, 1.807) is 6.20 Å². The summed E-state index contributed by atoms with van der Waals surface area (Å²) in [7, 11) is -2.69. The molecule has 0 spiro atoms. The molecule has 15 heteroatoms. The van der Waals surface area contributed by atoms with Crippen molar-refractivity contribution < 1.29 is 23.7 Å². The molecular formula is C42H64N8O5Si2. The van der Waals surface area contributed by atoms with Crippen LogP contribution in [0.5, 0.6) is 0 Å². The van der Waals surface area contributed by atoms with Gasteiger partial charge in [0.05, 0.1) is 29.8 Å². The maximum absolute atomic E-state index is 13.5. The summed E-state index contributed by atoms with van der Waals surface area (Å²) in [6, 6.07) is 8.06. The van der Waals surface area contributed by atoms with E-state index in [9.17, 15) is 4.79 Å². The molecular weight excluding hydrogens is 753 g/mol. The first-order valence-corrected chi connectivity index (χ1v) is 28.0. The fraction of sp³-hybridized carbons (Fsp3) is 0.595. The normalized spacial score (nSPS) is 18.6. The molecule has 1 amide bonds. The molecule has 6 heterocycles. The minimum atomic E-state index is -1.35. The van der Waals surface area contributed by atoms with E-state index in [4.69, 9.17) is 34.0 Å². The molecule has 0 saturated carbocycles. The highest BCUT2D eigenvalue weighted by Gasteiger charge is 2.46. The van der Waals surface area contributed by atoms with E-state index in [1.165, 1.54) is 0 Å². The summed E-state index contributed by atoms with van der Waals surface area (Å²) in [6.45, 7) is 28.7. The van der Waals surface area contributed by atoms with Gasteiger partial charge in [0, 0.05) is 70.9 Å². The molecule has 6 rings (SSSR count). The van der Waals surface area contributed by atoms with Gasteiger partial charge in [-0.3, -0.25) is 10.1 Å². The summed E-state index contributed by atoms with van der Waals surface area (Å²) in [5.41, 5.74) is 5.07. The fourth-order valence-corrected chi connectivity index (χ4v) is 9.20. The number of ether oxygens (including phenoxy) is 4. The Hall–Kier alpha value is -4.06. The molecule has 0 aliphatic carbocycles. The number of fused-ring (bicyclic) bond motifs is 3. The maximum atomic E-state index is 13.5. The molecule has 4 aromatic heterocycles. The number of nitrogens with zero attached hydrogens (tertiary/aromatic N) is 7. The molecule has 310 valence electrons. The minimum absolute atomic E-state index is 0.0162. The van der Waals surface area contributed by atoms with Crippen molar-refractivity contribution in [3.05, 3.63) is 54.6 Å². The van der Waals surface area contributed by atoms with E-state index >= 15 is 0 Å². The Morgan fingerprint density at radius 2 is 1.60 bits per heavy atom. The zero-order chi connectivity index (χ0) is 41.1. The van der Waals surface area contributed by atoms with Crippen LogP contribution in [0.4, 0.5) is 10.6 Å². The van der Waals surface area contributed by atoms with Crippen molar-refractivity contribution in [2.24, 2.45) is 0 Å². The number of hydrogen-bond acceptors (Lipinski definition) is 10. The van der Waals surface area contributed by atoms with Crippen molar-refractivity contribution in [3.8, 4) is 22.5 Å². The van der Waals surface area contributed by atoms with Crippen molar-refractivity contribution in [1.82, 2.24) is 34.7 Å². The molecule has 57 heavy (non-hydrogen) atoms. The highest BCUT2D eigenvalue weighted by atomic mass is 28.3. The van der Waals surface area contributed by atoms with Gasteiger partial charge in [-0.1, -0.05) is 51.9 Å². The number of nitrogens with one attached hydrogen (secondary N) is 1. The van der Waals surface area contributed by atoms with Gasteiger partial charge in [-0.05, 0) is 77.6 Å². The van der Waals surface area contributed by atoms with E-state index in [-0.39, 0.29) is 24.1 Å². The van der Waals surface area contributed by atoms with Gasteiger partial charge in [-0.25, -0.2) is 9.78 Å². The van der Waals surface area contributed by atoms with E-state index in [0.717, 1.165) is 77.4 Å². The largest absolute Gasteiger partial charge is 0.494 e. The van der Waals surface area contributed by atoms with Crippen molar-refractivity contribution in [1.29, 1.82) is 0 Å². The van der Waals surface area contributed by atoms with Crippen molar-refractivity contribution in [2.75, 3.05) is 38.2 Å². The molecule has 13 nitrogen and oxygen atoms in total. The van der Waals surface area contributed by atoms with Crippen LogP contribution in [-0.4, -0.2) is 108 Å². The highest BCUT2D eigenvalue weighted by molar-refractivity contribution is 6.76.